The van der Waals surface area contributed by atoms with Crippen molar-refractivity contribution in [3.05, 3.63) is 28.0 Å². The molecule has 2 aromatic heterocycles. The van der Waals surface area contributed by atoms with E-state index in [1.165, 1.54) is 3.97 Å². The predicted octanol–water partition coefficient (Wildman–Crippen LogP) is 5.06. The van der Waals surface area contributed by atoms with Crippen molar-refractivity contribution in [3.63, 3.8) is 0 Å². The Balaban J connectivity index is 0.000000606. The molecule has 0 spiro atoms. The molecule has 2 heterocycles. The summed E-state index contributed by atoms with van der Waals surface area (Å²) in [6.07, 6.45) is 0. The second kappa shape index (κ2) is 5.75. The van der Waals surface area contributed by atoms with Gasteiger partial charge in [0.15, 0.2) is 12.3 Å². The first-order valence-electron chi connectivity index (χ1n) is 4.76. The van der Waals surface area contributed by atoms with E-state index in [1.807, 2.05) is 20.8 Å². The van der Waals surface area contributed by atoms with Crippen LogP contribution in [0.25, 0.3) is 11.0 Å². The standard InChI is InChI=1S/C8H5Cl2FN2S.C2H6/c1-4-2-6-5(12-8(4)10)3-7(9)13(6)14-11;1-2/h2-3H,1H3;1-2H3. The molecular formula is C10H11Cl2FN2S. The zero-order valence-corrected chi connectivity index (χ0v) is 11.4. The lowest BCUT2D eigenvalue weighted by Crippen LogP contribution is -1.86. The maximum atomic E-state index is 12.5. The van der Waals surface area contributed by atoms with Crippen molar-refractivity contribution in [2.24, 2.45) is 0 Å². The topological polar surface area (TPSA) is 17.8 Å². The van der Waals surface area contributed by atoms with E-state index < -0.39 is 0 Å². The highest BCUT2D eigenvalue weighted by Gasteiger charge is 2.10. The second-order valence-electron chi connectivity index (χ2n) is 2.83. The SMILES string of the molecule is CC.Cc1cc2c(cc(Cl)n2SF)nc1Cl. The molecular weight excluding hydrogens is 270 g/mol. The lowest BCUT2D eigenvalue weighted by Gasteiger charge is -1.99. The van der Waals surface area contributed by atoms with Crippen molar-refractivity contribution in [1.29, 1.82) is 0 Å². The summed E-state index contributed by atoms with van der Waals surface area (Å²) in [5.41, 5.74) is 2.02. The van der Waals surface area contributed by atoms with Crippen molar-refractivity contribution >= 4 is 46.6 Å². The Morgan fingerprint density at radius 3 is 2.50 bits per heavy atom. The quantitative estimate of drug-likeness (QED) is 0.680. The lowest BCUT2D eigenvalue weighted by atomic mass is 10.3. The van der Waals surface area contributed by atoms with Crippen molar-refractivity contribution in [2.45, 2.75) is 20.8 Å². The Labute approximate surface area is 108 Å². The normalized spacial score (nSPS) is 10.1. The fraction of sp³-hybridized carbons (Fsp3) is 0.300. The second-order valence-corrected chi connectivity index (χ2v) is 4.08. The van der Waals surface area contributed by atoms with Crippen molar-refractivity contribution < 1.29 is 3.89 Å². The number of aryl methyl sites for hydroxylation is 1. The fourth-order valence-corrected chi connectivity index (χ4v) is 1.97. The van der Waals surface area contributed by atoms with E-state index in [0.29, 0.717) is 21.3 Å². The molecule has 0 saturated heterocycles. The summed E-state index contributed by atoms with van der Waals surface area (Å²) in [5, 5.41) is 0.705. The molecule has 0 aliphatic carbocycles. The largest absolute Gasteiger partial charge is 0.244 e. The van der Waals surface area contributed by atoms with Gasteiger partial charge in [0.1, 0.15) is 10.3 Å². The summed E-state index contributed by atoms with van der Waals surface area (Å²) in [6.45, 7) is 5.81. The van der Waals surface area contributed by atoms with Gasteiger partial charge in [-0.15, -0.1) is 3.89 Å². The Hall–Kier alpha value is -0.450. The van der Waals surface area contributed by atoms with Crippen LogP contribution in [0.4, 0.5) is 3.89 Å². The molecule has 0 aliphatic heterocycles. The molecule has 0 bridgehead atoms. The van der Waals surface area contributed by atoms with E-state index in [0.717, 1.165) is 5.56 Å². The number of pyridine rings is 1. The first kappa shape index (κ1) is 13.6. The molecule has 0 saturated carbocycles. The number of rotatable bonds is 1. The van der Waals surface area contributed by atoms with Gasteiger partial charge < -0.3 is 0 Å². The van der Waals surface area contributed by atoms with Crippen LogP contribution in [0.3, 0.4) is 0 Å². The summed E-state index contributed by atoms with van der Waals surface area (Å²) in [7, 11) is 0. The van der Waals surface area contributed by atoms with Gasteiger partial charge in [-0.05, 0) is 18.6 Å². The third kappa shape index (κ3) is 2.44. The monoisotopic (exact) mass is 280 g/mol. The molecule has 2 rings (SSSR count). The predicted molar refractivity (Wildman–Crippen MR) is 69.9 cm³/mol. The minimum Gasteiger partial charge on any atom is -0.244 e. The minimum absolute atomic E-state index is 0.0478. The van der Waals surface area contributed by atoms with Gasteiger partial charge in [-0.1, -0.05) is 37.0 Å². The number of halogens is 3. The minimum atomic E-state index is 0.0478. The molecule has 0 unspecified atom stereocenters. The molecule has 2 nitrogen and oxygen atoms in total. The molecule has 0 atom stereocenters. The van der Waals surface area contributed by atoms with Crippen molar-refractivity contribution in [2.75, 3.05) is 0 Å². The van der Waals surface area contributed by atoms with Crippen LogP contribution in [0.5, 0.6) is 0 Å². The number of fused-ring (bicyclic) bond motifs is 1. The third-order valence-corrected chi connectivity index (χ3v) is 3.19. The third-order valence-electron chi connectivity index (χ3n) is 1.90. The van der Waals surface area contributed by atoms with Gasteiger partial charge >= 0.3 is 0 Å². The van der Waals surface area contributed by atoms with Crippen LogP contribution in [0.15, 0.2) is 12.1 Å². The number of hydrogen-bond donors (Lipinski definition) is 0. The van der Waals surface area contributed by atoms with Gasteiger partial charge in [0.05, 0.1) is 11.0 Å². The average Bonchev–Trinajstić information content (AvgIpc) is 2.57. The molecule has 0 aromatic carbocycles. The molecule has 0 fully saturated rings. The smallest absolute Gasteiger partial charge is 0.171 e. The number of hydrogen-bond acceptors (Lipinski definition) is 2. The molecule has 0 aliphatic rings. The van der Waals surface area contributed by atoms with Crippen LogP contribution in [0, 0.1) is 6.92 Å². The van der Waals surface area contributed by atoms with Crippen LogP contribution in [0.2, 0.25) is 10.3 Å². The molecule has 88 valence electrons. The summed E-state index contributed by atoms with van der Waals surface area (Å²) in [4.78, 5) is 4.08. The Morgan fingerprint density at radius 2 is 1.94 bits per heavy atom. The summed E-state index contributed by atoms with van der Waals surface area (Å²) < 4.78 is 13.8. The van der Waals surface area contributed by atoms with Crippen molar-refractivity contribution in [3.8, 4) is 0 Å². The zero-order chi connectivity index (χ0) is 12.3. The lowest BCUT2D eigenvalue weighted by molar-refractivity contribution is 0.921. The number of nitrogens with zero attached hydrogens (tertiary/aromatic N) is 2. The van der Waals surface area contributed by atoms with Crippen molar-refractivity contribution in [1.82, 2.24) is 8.96 Å². The van der Waals surface area contributed by atoms with E-state index in [4.69, 9.17) is 23.2 Å². The Bertz CT molecular complexity index is 499. The molecule has 16 heavy (non-hydrogen) atoms. The molecule has 0 amide bonds. The Kier molecular flexibility index (Phi) is 4.89. The van der Waals surface area contributed by atoms with Gasteiger partial charge in [0.25, 0.3) is 0 Å². The van der Waals surface area contributed by atoms with E-state index >= 15 is 0 Å². The van der Waals surface area contributed by atoms with Gasteiger partial charge in [-0.25, -0.2) is 8.96 Å². The van der Waals surface area contributed by atoms with Gasteiger partial charge in [0.2, 0.25) is 0 Å². The molecule has 6 heteroatoms. The summed E-state index contributed by atoms with van der Waals surface area (Å²) in [6, 6.07) is 3.33. The zero-order valence-electron chi connectivity index (χ0n) is 9.09. The van der Waals surface area contributed by atoms with Crippen LogP contribution in [-0.2, 0) is 0 Å². The molecule has 0 N–H and O–H groups in total. The Morgan fingerprint density at radius 1 is 1.31 bits per heavy atom. The van der Waals surface area contributed by atoms with E-state index in [1.54, 1.807) is 12.1 Å². The maximum absolute atomic E-state index is 12.5. The molecule has 0 radical (unpaired) electrons. The summed E-state index contributed by atoms with van der Waals surface area (Å²) in [5.74, 6) is 0. The van der Waals surface area contributed by atoms with Crippen LogP contribution < -0.4 is 0 Å². The van der Waals surface area contributed by atoms with Gasteiger partial charge in [0, 0.05) is 6.07 Å². The average molecular weight is 281 g/mol. The van der Waals surface area contributed by atoms with E-state index in [2.05, 4.69) is 4.98 Å². The van der Waals surface area contributed by atoms with Crippen LogP contribution in [0.1, 0.15) is 19.4 Å². The van der Waals surface area contributed by atoms with Gasteiger partial charge in [-0.3, -0.25) is 0 Å². The highest BCUT2D eigenvalue weighted by Crippen LogP contribution is 2.29. The van der Waals surface area contributed by atoms with E-state index in [9.17, 15) is 3.89 Å². The molecule has 2 aromatic rings. The van der Waals surface area contributed by atoms with Crippen LogP contribution in [-0.4, -0.2) is 8.96 Å². The summed E-state index contributed by atoms with van der Waals surface area (Å²) >= 11 is 11.7. The highest BCUT2D eigenvalue weighted by atomic mass is 35.5. The fourth-order valence-electron chi connectivity index (χ4n) is 1.22. The van der Waals surface area contributed by atoms with Gasteiger partial charge in [-0.2, -0.15) is 0 Å². The number of aromatic nitrogens is 2. The first-order chi connectivity index (χ1) is 7.63. The highest BCUT2D eigenvalue weighted by molar-refractivity contribution is 7.93. The van der Waals surface area contributed by atoms with E-state index in [-0.39, 0.29) is 12.3 Å². The van der Waals surface area contributed by atoms with Crippen LogP contribution >= 0.6 is 35.5 Å². The first-order valence-corrected chi connectivity index (χ1v) is 6.19. The maximum Gasteiger partial charge on any atom is 0.171 e.